The topological polar surface area (TPSA) is 121 Å². The van der Waals surface area contributed by atoms with Gasteiger partial charge < -0.3 is 10.3 Å². The zero-order valence-electron chi connectivity index (χ0n) is 18.3. The minimum absolute atomic E-state index is 0.0826. The summed E-state index contributed by atoms with van der Waals surface area (Å²) in [4.78, 5) is 11.2. The minimum atomic E-state index is -4.30. The first kappa shape index (κ1) is 25.0. The van der Waals surface area contributed by atoms with Crippen molar-refractivity contribution in [1.82, 2.24) is 15.3 Å². The van der Waals surface area contributed by atoms with Gasteiger partial charge in [0.25, 0.3) is 0 Å². The van der Waals surface area contributed by atoms with E-state index in [0.29, 0.717) is 18.1 Å². The molecule has 2 aromatic carbocycles. The molecular weight excluding hydrogens is 480 g/mol. The number of hydrogen-bond donors (Lipinski definition) is 2. The SMILES string of the molecule is CN=C(NCCSCc1nc[nH]c1C)C(S(=O)(=O)c1ccccc1)S(=O)(=O)c1ccccc1. The Morgan fingerprint density at radius 3 is 2.00 bits per heavy atom. The van der Waals surface area contributed by atoms with E-state index in [1.54, 1.807) is 54.5 Å². The van der Waals surface area contributed by atoms with Crippen LogP contribution in [0.1, 0.15) is 11.4 Å². The van der Waals surface area contributed by atoms with Crippen molar-refractivity contribution in [3.05, 3.63) is 78.4 Å². The number of nitrogens with zero attached hydrogens (tertiary/aromatic N) is 2. The molecule has 3 rings (SSSR count). The molecule has 11 heteroatoms. The van der Waals surface area contributed by atoms with Gasteiger partial charge in [-0.05, 0) is 31.2 Å². The molecule has 0 saturated carbocycles. The van der Waals surface area contributed by atoms with E-state index in [-0.39, 0.29) is 15.6 Å². The third-order valence-electron chi connectivity index (χ3n) is 4.90. The van der Waals surface area contributed by atoms with Gasteiger partial charge in [-0.25, -0.2) is 21.8 Å². The van der Waals surface area contributed by atoms with Crippen molar-refractivity contribution in [1.29, 1.82) is 0 Å². The van der Waals surface area contributed by atoms with Crippen LogP contribution in [0.25, 0.3) is 0 Å². The highest BCUT2D eigenvalue weighted by atomic mass is 32.3. The van der Waals surface area contributed by atoms with Crippen molar-refractivity contribution >= 4 is 37.3 Å². The third-order valence-corrected chi connectivity index (χ3v) is 10.8. The van der Waals surface area contributed by atoms with E-state index >= 15 is 0 Å². The fraction of sp³-hybridized carbons (Fsp3) is 0.273. The fourth-order valence-corrected chi connectivity index (χ4v) is 8.56. The van der Waals surface area contributed by atoms with Crippen LogP contribution in [0.4, 0.5) is 0 Å². The molecule has 0 amide bonds. The Balaban J connectivity index is 1.85. The summed E-state index contributed by atoms with van der Waals surface area (Å²) in [5.41, 5.74) is 1.94. The molecule has 0 fully saturated rings. The highest BCUT2D eigenvalue weighted by molar-refractivity contribution is 8.10. The number of amidine groups is 1. The number of H-pyrrole nitrogens is 1. The number of hydrogen-bond acceptors (Lipinski definition) is 7. The Labute approximate surface area is 198 Å². The second-order valence-electron chi connectivity index (χ2n) is 7.11. The van der Waals surface area contributed by atoms with E-state index in [1.807, 2.05) is 6.92 Å². The van der Waals surface area contributed by atoms with Crippen molar-refractivity contribution in [3.8, 4) is 0 Å². The standard InChI is InChI=1S/C22H26N4O4S3/c1-17-20(26-16-25-17)15-31-14-13-24-21(23-2)22(32(27,28)18-9-5-3-6-10-18)33(29,30)19-11-7-4-8-12-19/h3-12,16,22H,13-15H2,1-2H3,(H,23,24)(H,25,26). The number of aromatic amines is 1. The number of benzene rings is 2. The summed E-state index contributed by atoms with van der Waals surface area (Å²) in [6, 6.07) is 15.1. The lowest BCUT2D eigenvalue weighted by Crippen LogP contribution is -2.45. The van der Waals surface area contributed by atoms with Gasteiger partial charge in [-0.3, -0.25) is 4.99 Å². The van der Waals surface area contributed by atoms with Gasteiger partial charge in [-0.15, -0.1) is 0 Å². The van der Waals surface area contributed by atoms with Gasteiger partial charge in [0.05, 0.1) is 21.8 Å². The number of sulfone groups is 2. The Hall–Kier alpha value is -2.63. The highest BCUT2D eigenvalue weighted by Crippen LogP contribution is 2.26. The number of aromatic nitrogens is 2. The number of aliphatic imine (C=N–C) groups is 1. The number of rotatable bonds is 10. The van der Waals surface area contributed by atoms with Gasteiger partial charge in [0, 0.05) is 30.8 Å². The summed E-state index contributed by atoms with van der Waals surface area (Å²) >= 11 is 1.60. The molecule has 1 heterocycles. The molecule has 8 nitrogen and oxygen atoms in total. The zero-order chi connectivity index (χ0) is 23.9. The zero-order valence-corrected chi connectivity index (χ0v) is 20.8. The maximum Gasteiger partial charge on any atom is 0.228 e. The van der Waals surface area contributed by atoms with Gasteiger partial charge in [0.1, 0.15) is 5.84 Å². The van der Waals surface area contributed by atoms with Crippen LogP contribution >= 0.6 is 11.8 Å². The van der Waals surface area contributed by atoms with Gasteiger partial charge in [-0.1, -0.05) is 36.4 Å². The molecule has 3 aromatic rings. The van der Waals surface area contributed by atoms with Crippen LogP contribution in [0.15, 0.2) is 81.8 Å². The molecule has 0 saturated heterocycles. The molecule has 0 aliphatic rings. The quantitative estimate of drug-likeness (QED) is 0.246. The molecule has 176 valence electrons. The largest absolute Gasteiger partial charge is 0.371 e. The van der Waals surface area contributed by atoms with Crippen LogP contribution in [-0.4, -0.2) is 56.6 Å². The Kier molecular flexibility index (Phi) is 8.33. The lowest BCUT2D eigenvalue weighted by Gasteiger charge is -2.21. The molecule has 2 N–H and O–H groups in total. The Morgan fingerprint density at radius 1 is 1.00 bits per heavy atom. The Morgan fingerprint density at radius 2 is 1.55 bits per heavy atom. The molecule has 33 heavy (non-hydrogen) atoms. The van der Waals surface area contributed by atoms with Crippen LogP contribution in [0.2, 0.25) is 0 Å². The normalized spacial score (nSPS) is 12.8. The summed E-state index contributed by atoms with van der Waals surface area (Å²) in [6.07, 6.45) is 1.64. The number of aryl methyl sites for hydroxylation is 1. The van der Waals surface area contributed by atoms with E-state index in [1.165, 1.54) is 31.3 Å². The predicted molar refractivity (Wildman–Crippen MR) is 132 cm³/mol. The smallest absolute Gasteiger partial charge is 0.228 e. The predicted octanol–water partition coefficient (Wildman–Crippen LogP) is 2.84. The van der Waals surface area contributed by atoms with Crippen molar-refractivity contribution in [3.63, 3.8) is 0 Å². The monoisotopic (exact) mass is 506 g/mol. The van der Waals surface area contributed by atoms with Gasteiger partial charge >= 0.3 is 0 Å². The van der Waals surface area contributed by atoms with E-state index in [4.69, 9.17) is 0 Å². The molecule has 1 aromatic heterocycles. The summed E-state index contributed by atoms with van der Waals surface area (Å²) in [7, 11) is -7.22. The number of nitrogens with one attached hydrogen (secondary N) is 2. The van der Waals surface area contributed by atoms with E-state index < -0.39 is 24.3 Å². The first-order chi connectivity index (χ1) is 15.8. The first-order valence-electron chi connectivity index (χ1n) is 10.1. The van der Waals surface area contributed by atoms with Crippen LogP contribution in [0, 0.1) is 6.92 Å². The Bertz CT molecular complexity index is 1220. The molecular formula is C22H26N4O4S3. The second kappa shape index (κ2) is 11.0. The van der Waals surface area contributed by atoms with Crippen molar-refractivity contribution < 1.29 is 16.8 Å². The third kappa shape index (κ3) is 5.84. The molecule has 0 aliphatic heterocycles. The van der Waals surface area contributed by atoms with Crippen LogP contribution < -0.4 is 5.32 Å². The lowest BCUT2D eigenvalue weighted by atomic mass is 10.4. The number of imidazole rings is 1. The number of thioether (sulfide) groups is 1. The summed E-state index contributed by atoms with van der Waals surface area (Å²) < 4.78 is 52.2. The van der Waals surface area contributed by atoms with E-state index in [2.05, 4.69) is 20.3 Å². The molecule has 0 bridgehead atoms. The maximum absolute atomic E-state index is 13.5. The van der Waals surface area contributed by atoms with Gasteiger partial charge in [0.2, 0.25) is 24.3 Å². The minimum Gasteiger partial charge on any atom is -0.371 e. The molecule has 0 unspecified atom stereocenters. The summed E-state index contributed by atoms with van der Waals surface area (Å²) in [5.74, 6) is 1.18. The van der Waals surface area contributed by atoms with Gasteiger partial charge in [0.15, 0.2) is 0 Å². The molecule has 0 spiro atoms. The van der Waals surface area contributed by atoms with Gasteiger partial charge in [-0.2, -0.15) is 11.8 Å². The van der Waals surface area contributed by atoms with Crippen LogP contribution in [0.3, 0.4) is 0 Å². The average molecular weight is 507 g/mol. The van der Waals surface area contributed by atoms with Crippen molar-refractivity contribution in [2.45, 2.75) is 27.0 Å². The van der Waals surface area contributed by atoms with Crippen molar-refractivity contribution in [2.24, 2.45) is 4.99 Å². The molecule has 0 aliphatic carbocycles. The lowest BCUT2D eigenvalue weighted by molar-refractivity contribution is 0.582. The van der Waals surface area contributed by atoms with E-state index in [9.17, 15) is 16.8 Å². The highest BCUT2D eigenvalue weighted by Gasteiger charge is 2.43. The summed E-state index contributed by atoms with van der Waals surface area (Å²) in [6.45, 7) is 2.28. The average Bonchev–Trinajstić information content (AvgIpc) is 3.23. The van der Waals surface area contributed by atoms with Crippen LogP contribution in [-0.2, 0) is 25.4 Å². The second-order valence-corrected chi connectivity index (χ2v) is 12.6. The molecule has 0 radical (unpaired) electrons. The van der Waals surface area contributed by atoms with Crippen molar-refractivity contribution in [2.75, 3.05) is 19.3 Å². The summed E-state index contributed by atoms with van der Waals surface area (Å²) in [5, 5.41) is 2.96. The van der Waals surface area contributed by atoms with Crippen LogP contribution in [0.5, 0.6) is 0 Å². The van der Waals surface area contributed by atoms with E-state index in [0.717, 1.165) is 11.4 Å². The first-order valence-corrected chi connectivity index (χ1v) is 14.4. The fourth-order valence-electron chi connectivity index (χ4n) is 3.15. The maximum atomic E-state index is 13.5. The molecule has 0 atom stereocenters.